The van der Waals surface area contributed by atoms with Gasteiger partial charge in [0.25, 0.3) is 0 Å². The highest BCUT2D eigenvalue weighted by Gasteiger charge is 2.14. The average Bonchev–Trinajstić information content (AvgIpc) is 2.39. The maximum Gasteiger partial charge on any atom is 0.134 e. The number of hydrogen-bond acceptors (Lipinski definition) is 4. The standard InChI is InChI=1S/C15H25ClN4/c1-3-7-14-18-13(16)10-15(19-14)17-12(2)11-20-8-5-4-6-9-20/h10,12H,3-9,11H2,1-2H3,(H,17,18,19). The minimum Gasteiger partial charge on any atom is -0.366 e. The summed E-state index contributed by atoms with van der Waals surface area (Å²) in [6.07, 6.45) is 5.93. The van der Waals surface area contributed by atoms with Gasteiger partial charge in [0, 0.05) is 25.1 Å². The Morgan fingerprint density at radius 2 is 2.05 bits per heavy atom. The highest BCUT2D eigenvalue weighted by molar-refractivity contribution is 6.29. The van der Waals surface area contributed by atoms with Gasteiger partial charge in [0.15, 0.2) is 0 Å². The lowest BCUT2D eigenvalue weighted by molar-refractivity contribution is 0.223. The molecule has 0 bridgehead atoms. The van der Waals surface area contributed by atoms with Gasteiger partial charge in [-0.25, -0.2) is 9.97 Å². The molecule has 1 atom stereocenters. The molecule has 1 fully saturated rings. The minimum absolute atomic E-state index is 0.369. The molecule has 2 heterocycles. The molecular formula is C15H25ClN4. The molecule has 4 nitrogen and oxygen atoms in total. The van der Waals surface area contributed by atoms with E-state index in [0.29, 0.717) is 11.2 Å². The molecule has 0 radical (unpaired) electrons. The van der Waals surface area contributed by atoms with Crippen LogP contribution in [0.4, 0.5) is 5.82 Å². The molecule has 20 heavy (non-hydrogen) atoms. The Morgan fingerprint density at radius 3 is 2.75 bits per heavy atom. The topological polar surface area (TPSA) is 41.1 Å². The smallest absolute Gasteiger partial charge is 0.134 e. The summed E-state index contributed by atoms with van der Waals surface area (Å²) < 4.78 is 0. The molecule has 1 unspecified atom stereocenters. The second-order valence-electron chi connectivity index (χ2n) is 5.65. The van der Waals surface area contributed by atoms with E-state index in [1.54, 1.807) is 0 Å². The summed E-state index contributed by atoms with van der Waals surface area (Å²) in [5.41, 5.74) is 0. The summed E-state index contributed by atoms with van der Waals surface area (Å²) >= 11 is 6.06. The number of nitrogens with one attached hydrogen (secondary N) is 1. The molecule has 0 amide bonds. The average molecular weight is 297 g/mol. The van der Waals surface area contributed by atoms with E-state index in [1.807, 2.05) is 6.07 Å². The molecule has 0 saturated carbocycles. The van der Waals surface area contributed by atoms with Crippen LogP contribution in [0.15, 0.2) is 6.07 Å². The number of hydrogen-bond donors (Lipinski definition) is 1. The number of anilines is 1. The van der Waals surface area contributed by atoms with Crippen molar-refractivity contribution in [3.63, 3.8) is 0 Å². The van der Waals surface area contributed by atoms with E-state index in [1.165, 1.54) is 32.4 Å². The van der Waals surface area contributed by atoms with Crippen LogP contribution in [0.5, 0.6) is 0 Å². The molecule has 0 spiro atoms. The summed E-state index contributed by atoms with van der Waals surface area (Å²) in [7, 11) is 0. The second kappa shape index (κ2) is 7.79. The van der Waals surface area contributed by atoms with E-state index >= 15 is 0 Å². The summed E-state index contributed by atoms with van der Waals surface area (Å²) in [5.74, 6) is 1.67. The van der Waals surface area contributed by atoms with Gasteiger partial charge in [0.05, 0.1) is 0 Å². The number of nitrogens with zero attached hydrogens (tertiary/aromatic N) is 3. The van der Waals surface area contributed by atoms with Crippen molar-refractivity contribution in [1.82, 2.24) is 14.9 Å². The lowest BCUT2D eigenvalue weighted by atomic mass is 10.1. The molecule has 1 aliphatic heterocycles. The molecule has 5 heteroatoms. The highest BCUT2D eigenvalue weighted by Crippen LogP contribution is 2.15. The molecular weight excluding hydrogens is 272 g/mol. The van der Waals surface area contributed by atoms with Crippen molar-refractivity contribution in [3.8, 4) is 0 Å². The van der Waals surface area contributed by atoms with Crippen molar-refractivity contribution in [3.05, 3.63) is 17.0 Å². The molecule has 1 aromatic rings. The monoisotopic (exact) mass is 296 g/mol. The molecule has 1 N–H and O–H groups in total. The van der Waals surface area contributed by atoms with Gasteiger partial charge in [-0.3, -0.25) is 0 Å². The maximum atomic E-state index is 6.06. The molecule has 112 valence electrons. The number of aryl methyl sites for hydroxylation is 1. The zero-order chi connectivity index (χ0) is 14.4. The fourth-order valence-corrected chi connectivity index (χ4v) is 2.90. The van der Waals surface area contributed by atoms with Crippen LogP contribution in [0, 0.1) is 0 Å². The maximum absolute atomic E-state index is 6.06. The molecule has 1 aromatic heterocycles. The molecule has 0 aromatic carbocycles. The van der Waals surface area contributed by atoms with Gasteiger partial charge < -0.3 is 10.2 Å². The Balaban J connectivity index is 1.90. The Morgan fingerprint density at radius 1 is 1.30 bits per heavy atom. The fraction of sp³-hybridized carbons (Fsp3) is 0.733. The van der Waals surface area contributed by atoms with Crippen molar-refractivity contribution >= 4 is 17.4 Å². The van der Waals surface area contributed by atoms with E-state index in [9.17, 15) is 0 Å². The highest BCUT2D eigenvalue weighted by atomic mass is 35.5. The van der Waals surface area contributed by atoms with Crippen molar-refractivity contribution in [2.75, 3.05) is 25.0 Å². The summed E-state index contributed by atoms with van der Waals surface area (Å²) in [4.78, 5) is 11.3. The van der Waals surface area contributed by atoms with Gasteiger partial charge in [-0.1, -0.05) is 24.9 Å². The van der Waals surface area contributed by atoms with Gasteiger partial charge in [-0.05, 0) is 39.3 Å². The quantitative estimate of drug-likeness (QED) is 0.817. The Labute approximate surface area is 126 Å². The lowest BCUT2D eigenvalue weighted by Crippen LogP contribution is -2.38. The number of piperidine rings is 1. The van der Waals surface area contributed by atoms with Gasteiger partial charge >= 0.3 is 0 Å². The zero-order valence-electron chi connectivity index (χ0n) is 12.5. The number of rotatable bonds is 6. The van der Waals surface area contributed by atoms with Crippen LogP contribution in [-0.4, -0.2) is 40.5 Å². The van der Waals surface area contributed by atoms with Crippen LogP contribution >= 0.6 is 11.6 Å². The van der Waals surface area contributed by atoms with Crippen molar-refractivity contribution in [1.29, 1.82) is 0 Å². The number of halogens is 1. The van der Waals surface area contributed by atoms with E-state index in [0.717, 1.165) is 31.0 Å². The van der Waals surface area contributed by atoms with Crippen LogP contribution in [0.2, 0.25) is 5.15 Å². The Bertz CT molecular complexity index is 418. The van der Waals surface area contributed by atoms with E-state index in [-0.39, 0.29) is 0 Å². The van der Waals surface area contributed by atoms with Crippen LogP contribution in [0.1, 0.15) is 45.4 Å². The predicted octanol–water partition coefficient (Wildman–Crippen LogP) is 3.37. The predicted molar refractivity (Wildman–Crippen MR) is 84.4 cm³/mol. The first-order valence-electron chi connectivity index (χ1n) is 7.69. The largest absolute Gasteiger partial charge is 0.366 e. The van der Waals surface area contributed by atoms with Gasteiger partial charge in [-0.15, -0.1) is 0 Å². The van der Waals surface area contributed by atoms with E-state index in [2.05, 4.69) is 34.0 Å². The van der Waals surface area contributed by atoms with E-state index in [4.69, 9.17) is 11.6 Å². The molecule has 1 saturated heterocycles. The summed E-state index contributed by atoms with van der Waals surface area (Å²) in [5, 5.41) is 3.98. The number of likely N-dealkylation sites (tertiary alicyclic amines) is 1. The third-order valence-electron chi connectivity index (χ3n) is 3.59. The van der Waals surface area contributed by atoms with Gasteiger partial charge in [0.2, 0.25) is 0 Å². The Hall–Kier alpha value is -0.870. The number of aromatic nitrogens is 2. The molecule has 2 rings (SSSR count). The lowest BCUT2D eigenvalue weighted by Gasteiger charge is -2.29. The Kier molecular flexibility index (Phi) is 6.05. The zero-order valence-corrected chi connectivity index (χ0v) is 13.3. The molecule has 1 aliphatic rings. The third-order valence-corrected chi connectivity index (χ3v) is 3.78. The van der Waals surface area contributed by atoms with E-state index < -0.39 is 0 Å². The van der Waals surface area contributed by atoms with Crippen molar-refractivity contribution < 1.29 is 0 Å². The van der Waals surface area contributed by atoms with Gasteiger partial charge in [-0.2, -0.15) is 0 Å². The SMILES string of the molecule is CCCc1nc(Cl)cc(NC(C)CN2CCCCC2)n1. The van der Waals surface area contributed by atoms with Crippen molar-refractivity contribution in [2.45, 2.75) is 52.0 Å². The van der Waals surface area contributed by atoms with Crippen molar-refractivity contribution in [2.24, 2.45) is 0 Å². The second-order valence-corrected chi connectivity index (χ2v) is 6.04. The first kappa shape index (κ1) is 15.5. The minimum atomic E-state index is 0.369. The van der Waals surface area contributed by atoms with Crippen LogP contribution in [0.3, 0.4) is 0 Å². The normalized spacial score (nSPS) is 17.9. The van der Waals surface area contributed by atoms with Crippen LogP contribution in [0.25, 0.3) is 0 Å². The molecule has 0 aliphatic carbocycles. The first-order chi connectivity index (χ1) is 9.67. The summed E-state index contributed by atoms with van der Waals surface area (Å²) in [6.45, 7) is 7.82. The van der Waals surface area contributed by atoms with Gasteiger partial charge in [0.1, 0.15) is 16.8 Å². The van der Waals surface area contributed by atoms with Crippen LogP contribution in [-0.2, 0) is 6.42 Å². The third kappa shape index (κ3) is 4.91. The first-order valence-corrected chi connectivity index (χ1v) is 8.07. The summed E-state index contributed by atoms with van der Waals surface area (Å²) in [6, 6.07) is 2.18. The fourth-order valence-electron chi connectivity index (χ4n) is 2.70. The van der Waals surface area contributed by atoms with Crippen LogP contribution < -0.4 is 5.32 Å².